The number of rotatable bonds is 27. The number of carbonyl (C=O) groups excluding carboxylic acids is 1. The molecule has 0 heterocycles. The van der Waals surface area contributed by atoms with Crippen LogP contribution >= 0.6 is 0 Å². The average Bonchev–Trinajstić information content (AvgIpc) is 2.91. The van der Waals surface area contributed by atoms with Gasteiger partial charge in [-0.15, -0.1) is 0 Å². The third-order valence-electron chi connectivity index (χ3n) is 8.25. The predicted molar refractivity (Wildman–Crippen MR) is 172 cm³/mol. The topological polar surface area (TPSA) is 46.5 Å². The van der Waals surface area contributed by atoms with Crippen molar-refractivity contribution in [3.8, 4) is 5.75 Å². The van der Waals surface area contributed by atoms with Crippen molar-refractivity contribution in [3.63, 3.8) is 0 Å². The summed E-state index contributed by atoms with van der Waals surface area (Å²) in [5.74, 6) is 0.607. The minimum absolute atomic E-state index is 0.0985. The highest BCUT2D eigenvalue weighted by Crippen LogP contribution is 2.31. The molecule has 0 saturated carbocycles. The summed E-state index contributed by atoms with van der Waals surface area (Å²) in [6, 6.07) is 10.9. The molecule has 0 aliphatic rings. The normalized spacial score (nSPS) is 12.6. The first-order valence-corrected chi connectivity index (χ1v) is 19.5. The molecule has 0 radical (unpaired) electrons. The SMILES string of the molecule is CCCCCCCCCCCCCCC[C@H](CC(=O)CCc1ccc(O)cc1)O[Si](CCC)(CCC)CCC. The number of phenols is 1. The van der Waals surface area contributed by atoms with Gasteiger partial charge < -0.3 is 9.53 Å². The van der Waals surface area contributed by atoms with Gasteiger partial charge in [-0.1, -0.05) is 143 Å². The zero-order valence-corrected chi connectivity index (χ0v) is 27.4. The second-order valence-corrected chi connectivity index (χ2v) is 16.2. The zero-order chi connectivity index (χ0) is 28.6. The maximum atomic E-state index is 13.1. The standard InChI is InChI=1S/C35H64O3Si/c1-5-9-10-11-12-13-14-15-16-17-18-19-20-21-35(38-39(28-6-2,29-7-3)30-8-4)31-34(37)27-24-32-22-25-33(36)26-23-32/h22-23,25-26,35-36H,5-21,24,27-31H2,1-4H3/t35-/m1/s1. The lowest BCUT2D eigenvalue weighted by Crippen LogP contribution is -2.42. The van der Waals surface area contributed by atoms with Gasteiger partial charge in [0, 0.05) is 12.8 Å². The molecule has 4 heteroatoms. The van der Waals surface area contributed by atoms with Crippen LogP contribution < -0.4 is 0 Å². The number of carbonyl (C=O) groups is 1. The monoisotopic (exact) mass is 560 g/mol. The number of benzene rings is 1. The quantitative estimate of drug-likeness (QED) is 0.0859. The van der Waals surface area contributed by atoms with Gasteiger partial charge in [0.25, 0.3) is 0 Å². The third-order valence-corrected chi connectivity index (χ3v) is 13.3. The smallest absolute Gasteiger partial charge is 0.193 e. The molecular weight excluding hydrogens is 496 g/mol. The van der Waals surface area contributed by atoms with Gasteiger partial charge in [-0.2, -0.15) is 0 Å². The first-order valence-electron chi connectivity index (χ1n) is 17.0. The summed E-state index contributed by atoms with van der Waals surface area (Å²) >= 11 is 0. The van der Waals surface area contributed by atoms with E-state index in [1.54, 1.807) is 12.1 Å². The summed E-state index contributed by atoms with van der Waals surface area (Å²) in [6.45, 7) is 9.16. The number of hydrogen-bond acceptors (Lipinski definition) is 3. The molecule has 0 bridgehead atoms. The Hall–Kier alpha value is -1.13. The lowest BCUT2D eigenvalue weighted by molar-refractivity contribution is -0.120. The average molecular weight is 561 g/mol. The summed E-state index contributed by atoms with van der Waals surface area (Å²) in [6.07, 6.45) is 24.3. The van der Waals surface area contributed by atoms with Crippen molar-refractivity contribution >= 4 is 14.1 Å². The highest BCUT2D eigenvalue weighted by atomic mass is 28.4. The Bertz CT molecular complexity index is 685. The summed E-state index contributed by atoms with van der Waals surface area (Å²) in [7, 11) is -1.80. The molecule has 0 unspecified atom stereocenters. The molecule has 1 aromatic rings. The molecular formula is C35H64O3Si. The van der Waals surface area contributed by atoms with E-state index in [0.29, 0.717) is 18.6 Å². The Morgan fingerprint density at radius 3 is 1.62 bits per heavy atom. The molecule has 0 aromatic heterocycles. The number of phenolic OH excluding ortho intramolecular Hbond substituents is 1. The van der Waals surface area contributed by atoms with Gasteiger partial charge in [0.2, 0.25) is 0 Å². The Labute approximate surface area is 244 Å². The number of ketones is 1. The van der Waals surface area contributed by atoms with Crippen molar-refractivity contribution in [1.82, 2.24) is 0 Å². The van der Waals surface area contributed by atoms with Crippen molar-refractivity contribution in [1.29, 1.82) is 0 Å². The number of unbranched alkanes of at least 4 members (excludes halogenated alkanes) is 12. The van der Waals surface area contributed by atoms with E-state index in [2.05, 4.69) is 27.7 Å². The zero-order valence-electron chi connectivity index (χ0n) is 26.4. The molecule has 226 valence electrons. The molecule has 0 fully saturated rings. The van der Waals surface area contributed by atoms with Crippen LogP contribution in [0.5, 0.6) is 5.75 Å². The number of aromatic hydroxyl groups is 1. The molecule has 0 saturated heterocycles. The van der Waals surface area contributed by atoms with Crippen LogP contribution in [0, 0.1) is 0 Å². The number of Topliss-reactive ketones (excluding diaryl/α,β-unsaturated/α-hetero) is 1. The number of hydrogen-bond donors (Lipinski definition) is 1. The van der Waals surface area contributed by atoms with Crippen molar-refractivity contribution in [2.24, 2.45) is 0 Å². The van der Waals surface area contributed by atoms with Crippen LogP contribution in [0.4, 0.5) is 0 Å². The van der Waals surface area contributed by atoms with Gasteiger partial charge in [0.15, 0.2) is 8.32 Å². The molecule has 0 aliphatic heterocycles. The van der Waals surface area contributed by atoms with Crippen LogP contribution in [0.15, 0.2) is 24.3 Å². The molecule has 0 spiro atoms. The highest BCUT2D eigenvalue weighted by Gasteiger charge is 2.35. The molecule has 0 amide bonds. The molecule has 3 nitrogen and oxygen atoms in total. The Balaban J connectivity index is 2.50. The molecule has 1 rings (SSSR count). The van der Waals surface area contributed by atoms with Crippen LogP contribution in [-0.2, 0) is 15.6 Å². The van der Waals surface area contributed by atoms with Gasteiger partial charge in [0.05, 0.1) is 6.10 Å². The molecule has 39 heavy (non-hydrogen) atoms. The van der Waals surface area contributed by atoms with E-state index in [4.69, 9.17) is 4.43 Å². The summed E-state index contributed by atoms with van der Waals surface area (Å²) in [5.41, 5.74) is 1.11. The van der Waals surface area contributed by atoms with Crippen molar-refractivity contribution in [3.05, 3.63) is 29.8 Å². The van der Waals surface area contributed by atoms with Crippen molar-refractivity contribution in [2.75, 3.05) is 0 Å². The third kappa shape index (κ3) is 18.0. The molecule has 1 aromatic carbocycles. The lowest BCUT2D eigenvalue weighted by Gasteiger charge is -2.35. The Morgan fingerprint density at radius 1 is 0.692 bits per heavy atom. The Morgan fingerprint density at radius 2 is 1.15 bits per heavy atom. The van der Waals surface area contributed by atoms with Gasteiger partial charge >= 0.3 is 0 Å². The van der Waals surface area contributed by atoms with E-state index in [1.165, 1.54) is 121 Å². The fourth-order valence-corrected chi connectivity index (χ4v) is 10.9. The van der Waals surface area contributed by atoms with Crippen LogP contribution in [0.25, 0.3) is 0 Å². The van der Waals surface area contributed by atoms with Crippen LogP contribution in [0.1, 0.15) is 155 Å². The fraction of sp³-hybridized carbons (Fsp3) is 0.800. The van der Waals surface area contributed by atoms with Crippen molar-refractivity contribution < 1.29 is 14.3 Å². The highest BCUT2D eigenvalue weighted by molar-refractivity contribution is 6.73. The van der Waals surface area contributed by atoms with Crippen LogP contribution in [-0.4, -0.2) is 25.3 Å². The fourth-order valence-electron chi connectivity index (χ4n) is 6.17. The van der Waals surface area contributed by atoms with E-state index < -0.39 is 8.32 Å². The molecule has 1 N–H and O–H groups in total. The predicted octanol–water partition coefficient (Wildman–Crippen LogP) is 11.3. The second-order valence-electron chi connectivity index (χ2n) is 12.1. The van der Waals surface area contributed by atoms with Crippen molar-refractivity contribution in [2.45, 2.75) is 180 Å². The van der Waals surface area contributed by atoms with Crippen LogP contribution in [0.2, 0.25) is 18.1 Å². The second kappa shape index (κ2) is 23.6. The van der Waals surface area contributed by atoms with Crippen LogP contribution in [0.3, 0.4) is 0 Å². The summed E-state index contributed by atoms with van der Waals surface area (Å²) in [5, 5.41) is 9.53. The van der Waals surface area contributed by atoms with E-state index in [9.17, 15) is 9.90 Å². The lowest BCUT2D eigenvalue weighted by atomic mass is 10.00. The first kappa shape index (κ1) is 35.9. The molecule has 0 aliphatic carbocycles. The maximum absolute atomic E-state index is 13.1. The van der Waals surface area contributed by atoms with Gasteiger partial charge in [0.1, 0.15) is 11.5 Å². The largest absolute Gasteiger partial charge is 0.508 e. The van der Waals surface area contributed by atoms with Gasteiger partial charge in [-0.3, -0.25) is 4.79 Å². The van der Waals surface area contributed by atoms with E-state index in [0.717, 1.165) is 18.4 Å². The Kier molecular flexibility index (Phi) is 21.7. The minimum atomic E-state index is -1.80. The van der Waals surface area contributed by atoms with Gasteiger partial charge in [-0.25, -0.2) is 0 Å². The molecule has 1 atom stereocenters. The summed E-state index contributed by atoms with van der Waals surface area (Å²) in [4.78, 5) is 13.1. The van der Waals surface area contributed by atoms with E-state index >= 15 is 0 Å². The maximum Gasteiger partial charge on any atom is 0.193 e. The number of aryl methyl sites for hydroxylation is 1. The summed E-state index contributed by atoms with van der Waals surface area (Å²) < 4.78 is 7.09. The van der Waals surface area contributed by atoms with Gasteiger partial charge in [-0.05, 0) is 48.7 Å². The van der Waals surface area contributed by atoms with E-state index in [-0.39, 0.29) is 11.9 Å². The first-order chi connectivity index (χ1) is 19.0. The minimum Gasteiger partial charge on any atom is -0.508 e. The van der Waals surface area contributed by atoms with E-state index in [1.807, 2.05) is 12.1 Å².